The van der Waals surface area contributed by atoms with E-state index in [4.69, 9.17) is 4.74 Å². The summed E-state index contributed by atoms with van der Waals surface area (Å²) in [5.41, 5.74) is 0.928. The molecule has 1 aliphatic heterocycles. The van der Waals surface area contributed by atoms with E-state index in [1.807, 2.05) is 24.3 Å². The first-order valence-electron chi connectivity index (χ1n) is 6.22. The second-order valence-corrected chi connectivity index (χ2v) is 5.56. The van der Waals surface area contributed by atoms with Crippen LogP contribution in [0.2, 0.25) is 0 Å². The molecule has 1 aromatic carbocycles. The van der Waals surface area contributed by atoms with Crippen LogP contribution in [0, 0.1) is 5.92 Å². The molecule has 1 fully saturated rings. The molecule has 0 aromatic heterocycles. The van der Waals surface area contributed by atoms with E-state index < -0.39 is 0 Å². The number of hydrogen-bond acceptors (Lipinski definition) is 4. The molecule has 0 radical (unpaired) electrons. The van der Waals surface area contributed by atoms with Crippen LogP contribution >= 0.6 is 15.9 Å². The molecule has 0 amide bonds. The molecule has 0 saturated carbocycles. The molecule has 1 aliphatic rings. The second kappa shape index (κ2) is 6.30. The summed E-state index contributed by atoms with van der Waals surface area (Å²) in [5, 5.41) is 3.03. The van der Waals surface area contributed by atoms with Crippen LogP contribution in [-0.4, -0.2) is 24.3 Å². The topological polar surface area (TPSA) is 55.4 Å². The van der Waals surface area contributed by atoms with Crippen LogP contribution in [0.5, 0.6) is 0 Å². The van der Waals surface area contributed by atoms with Crippen molar-refractivity contribution in [2.75, 3.05) is 6.54 Å². The lowest BCUT2D eigenvalue weighted by atomic mass is 10.0. The van der Waals surface area contributed by atoms with Gasteiger partial charge < -0.3 is 10.1 Å². The Bertz CT molecular complexity index is 489. The van der Waals surface area contributed by atoms with Gasteiger partial charge in [0.05, 0.1) is 0 Å². The Hall–Kier alpha value is -1.20. The monoisotopic (exact) mass is 325 g/mol. The zero-order valence-electron chi connectivity index (χ0n) is 10.7. The van der Waals surface area contributed by atoms with Gasteiger partial charge in [-0.1, -0.05) is 34.1 Å². The quantitative estimate of drug-likeness (QED) is 0.861. The van der Waals surface area contributed by atoms with Gasteiger partial charge in [-0.2, -0.15) is 0 Å². The molecule has 0 bridgehead atoms. The number of halogens is 1. The molecular weight excluding hydrogens is 310 g/mol. The lowest BCUT2D eigenvalue weighted by Gasteiger charge is -2.11. The molecule has 1 heterocycles. The Morgan fingerprint density at radius 1 is 1.42 bits per heavy atom. The van der Waals surface area contributed by atoms with Gasteiger partial charge in [0.2, 0.25) is 0 Å². The van der Waals surface area contributed by atoms with E-state index in [1.165, 1.54) is 0 Å². The van der Waals surface area contributed by atoms with Crippen molar-refractivity contribution < 1.29 is 14.3 Å². The zero-order chi connectivity index (χ0) is 13.8. The number of esters is 1. The highest BCUT2D eigenvalue weighted by molar-refractivity contribution is 9.10. The smallest absolute Gasteiger partial charge is 0.323 e. The fourth-order valence-electron chi connectivity index (χ4n) is 2.09. The average molecular weight is 326 g/mol. The first kappa shape index (κ1) is 14.2. The summed E-state index contributed by atoms with van der Waals surface area (Å²) in [5.74, 6) is -0.242. The summed E-state index contributed by atoms with van der Waals surface area (Å²) >= 11 is 3.41. The first-order chi connectivity index (χ1) is 9.08. The standard InChI is InChI=1S/C14H16BrNO3/c1-9(17)11-6-13(16-7-11)14(18)19-8-10-4-2-3-5-12(10)15/h2-5,11,13,16H,6-8H2,1H3. The highest BCUT2D eigenvalue weighted by Crippen LogP contribution is 2.19. The lowest BCUT2D eigenvalue weighted by Crippen LogP contribution is -2.32. The van der Waals surface area contributed by atoms with Crippen LogP contribution in [0.4, 0.5) is 0 Å². The maximum absolute atomic E-state index is 11.9. The highest BCUT2D eigenvalue weighted by Gasteiger charge is 2.32. The largest absolute Gasteiger partial charge is 0.460 e. The Kier molecular flexibility index (Phi) is 4.71. The van der Waals surface area contributed by atoms with Crippen LogP contribution in [0.1, 0.15) is 18.9 Å². The van der Waals surface area contributed by atoms with E-state index >= 15 is 0 Å². The molecular formula is C14H16BrNO3. The normalized spacial score (nSPS) is 22.2. The second-order valence-electron chi connectivity index (χ2n) is 4.70. The van der Waals surface area contributed by atoms with Crippen molar-refractivity contribution in [1.82, 2.24) is 5.32 Å². The van der Waals surface area contributed by atoms with Gasteiger partial charge in [-0.25, -0.2) is 0 Å². The summed E-state index contributed by atoms with van der Waals surface area (Å²) in [6.45, 7) is 2.36. The van der Waals surface area contributed by atoms with Crippen LogP contribution in [-0.2, 0) is 20.9 Å². The Morgan fingerprint density at radius 2 is 2.16 bits per heavy atom. The van der Waals surface area contributed by atoms with Gasteiger partial charge in [0.15, 0.2) is 0 Å². The van der Waals surface area contributed by atoms with E-state index in [9.17, 15) is 9.59 Å². The SMILES string of the molecule is CC(=O)C1CNC(C(=O)OCc2ccccc2Br)C1. The van der Waals surface area contributed by atoms with Gasteiger partial charge in [0, 0.05) is 22.5 Å². The number of Topliss-reactive ketones (excluding diaryl/α,β-unsaturated/α-hetero) is 1. The van der Waals surface area contributed by atoms with Crippen molar-refractivity contribution in [2.45, 2.75) is 26.0 Å². The fourth-order valence-corrected chi connectivity index (χ4v) is 2.49. The van der Waals surface area contributed by atoms with Crippen molar-refractivity contribution in [3.63, 3.8) is 0 Å². The van der Waals surface area contributed by atoms with E-state index in [1.54, 1.807) is 6.92 Å². The van der Waals surface area contributed by atoms with Gasteiger partial charge in [-0.3, -0.25) is 9.59 Å². The number of carbonyl (C=O) groups is 2. The van der Waals surface area contributed by atoms with Crippen LogP contribution in [0.15, 0.2) is 28.7 Å². The fraction of sp³-hybridized carbons (Fsp3) is 0.429. The number of nitrogens with one attached hydrogen (secondary N) is 1. The van der Waals surface area contributed by atoms with Gasteiger partial charge in [0.1, 0.15) is 18.4 Å². The summed E-state index contributed by atoms with van der Waals surface area (Å²) in [6.07, 6.45) is 0.532. The Balaban J connectivity index is 1.86. The van der Waals surface area contributed by atoms with Crippen LogP contribution in [0.25, 0.3) is 0 Å². The molecule has 0 aliphatic carbocycles. The molecule has 1 aromatic rings. The van der Waals surface area contributed by atoms with E-state index in [2.05, 4.69) is 21.2 Å². The van der Waals surface area contributed by atoms with E-state index in [0.717, 1.165) is 10.0 Å². The third kappa shape index (κ3) is 3.64. The Morgan fingerprint density at radius 3 is 2.79 bits per heavy atom. The van der Waals surface area contributed by atoms with Crippen molar-refractivity contribution >= 4 is 27.7 Å². The zero-order valence-corrected chi connectivity index (χ0v) is 12.3. The summed E-state index contributed by atoms with van der Waals surface area (Å²) < 4.78 is 6.20. The van der Waals surface area contributed by atoms with Crippen molar-refractivity contribution in [2.24, 2.45) is 5.92 Å². The highest BCUT2D eigenvalue weighted by atomic mass is 79.9. The van der Waals surface area contributed by atoms with E-state index in [-0.39, 0.29) is 30.3 Å². The third-order valence-electron chi connectivity index (χ3n) is 3.32. The molecule has 2 rings (SSSR count). The molecule has 1 saturated heterocycles. The number of hydrogen-bond donors (Lipinski definition) is 1. The van der Waals surface area contributed by atoms with Gasteiger partial charge in [-0.15, -0.1) is 0 Å². The number of carbonyl (C=O) groups excluding carboxylic acids is 2. The molecule has 0 spiro atoms. The van der Waals surface area contributed by atoms with Crippen molar-refractivity contribution in [3.8, 4) is 0 Å². The number of ether oxygens (including phenoxy) is 1. The number of benzene rings is 1. The predicted molar refractivity (Wildman–Crippen MR) is 74.5 cm³/mol. The van der Waals surface area contributed by atoms with E-state index in [0.29, 0.717) is 13.0 Å². The van der Waals surface area contributed by atoms with Gasteiger partial charge in [-0.05, 0) is 19.4 Å². The van der Waals surface area contributed by atoms with Crippen LogP contribution < -0.4 is 5.32 Å². The molecule has 5 heteroatoms. The lowest BCUT2D eigenvalue weighted by molar-refractivity contribution is -0.147. The number of rotatable bonds is 4. The van der Waals surface area contributed by atoms with Crippen molar-refractivity contribution in [1.29, 1.82) is 0 Å². The Labute approximate surface area is 120 Å². The summed E-state index contributed by atoms with van der Waals surface area (Å²) in [7, 11) is 0. The predicted octanol–water partition coefficient (Wildman–Crippen LogP) is 2.06. The summed E-state index contributed by atoms with van der Waals surface area (Å²) in [4.78, 5) is 23.1. The molecule has 1 N–H and O–H groups in total. The average Bonchev–Trinajstić information content (AvgIpc) is 2.87. The minimum Gasteiger partial charge on any atom is -0.460 e. The summed E-state index contributed by atoms with van der Waals surface area (Å²) in [6, 6.07) is 7.25. The molecule has 102 valence electrons. The minimum atomic E-state index is -0.364. The molecule has 2 unspecified atom stereocenters. The third-order valence-corrected chi connectivity index (χ3v) is 4.09. The van der Waals surface area contributed by atoms with Crippen LogP contribution in [0.3, 0.4) is 0 Å². The maximum atomic E-state index is 11.9. The van der Waals surface area contributed by atoms with Crippen molar-refractivity contribution in [3.05, 3.63) is 34.3 Å². The van der Waals surface area contributed by atoms with Gasteiger partial charge in [0.25, 0.3) is 0 Å². The molecule has 2 atom stereocenters. The maximum Gasteiger partial charge on any atom is 0.323 e. The molecule has 19 heavy (non-hydrogen) atoms. The van der Waals surface area contributed by atoms with Gasteiger partial charge >= 0.3 is 5.97 Å². The number of ketones is 1. The minimum absolute atomic E-state index is 0.0685. The molecule has 4 nitrogen and oxygen atoms in total. The first-order valence-corrected chi connectivity index (χ1v) is 7.01.